The molecule has 0 radical (unpaired) electrons. The van der Waals surface area contributed by atoms with Crippen molar-refractivity contribution >= 4 is 30.2 Å². The second-order valence-corrected chi connectivity index (χ2v) is 10.3. The zero-order valence-electron chi connectivity index (χ0n) is 37.4. The normalized spacial score (nSPS) is 11.9. The van der Waals surface area contributed by atoms with Gasteiger partial charge in [0, 0.05) is 34.5 Å². The van der Waals surface area contributed by atoms with E-state index in [1.807, 2.05) is 79.7 Å². The van der Waals surface area contributed by atoms with Crippen LogP contribution >= 0.6 is 24.2 Å². The van der Waals surface area contributed by atoms with Crippen LogP contribution in [0, 0.1) is 12.3 Å². The van der Waals surface area contributed by atoms with Crippen LogP contribution in [0.4, 0.5) is 0 Å². The van der Waals surface area contributed by atoms with Gasteiger partial charge in [0.2, 0.25) is 0 Å². The molecule has 8 heteroatoms. The van der Waals surface area contributed by atoms with Crippen molar-refractivity contribution in [2.45, 2.75) is 143 Å². The number of nitrogens with two attached hydrogens (primary N) is 1. The van der Waals surface area contributed by atoms with Crippen LogP contribution in [0.2, 0.25) is 0 Å². The van der Waals surface area contributed by atoms with E-state index in [2.05, 4.69) is 116 Å². The smallest absolute Gasteiger partial charge is 0.300 e. The van der Waals surface area contributed by atoms with Crippen LogP contribution in [-0.4, -0.2) is 61.9 Å². The SMILES string of the molecule is C#CC.C/C=C/C.C/C=C/C.C/C=C/CCC.C=C(C)C.C=C(C)Cl.C=CC.CC(=O)O.CC1CN1.CC1CO1.CC=C(C)C.CN.CO.CS.[HH].[HH]. The maximum Gasteiger partial charge on any atom is 0.300 e. The second kappa shape index (κ2) is 110. The van der Waals surface area contributed by atoms with Gasteiger partial charge >= 0.3 is 0 Å². The van der Waals surface area contributed by atoms with E-state index in [9.17, 15) is 0 Å². The number of unbranched alkanes of at least 4 members (excludes halogenated alkanes) is 1. The van der Waals surface area contributed by atoms with Gasteiger partial charge in [0.25, 0.3) is 5.97 Å². The number of rotatable bonds is 2. The standard InChI is InChI=1S/C6H12.C5H10.3C4H8.C3H5Cl.C3H7N.C3H6O.C3H6.C3H4.C2H4O2.CH5N.CH4O.CH4S.2H2/c1-3-5-6-4-2;1-4-5(2)3;1-4(2)3;2*1-3-4-2;1-3(2)4;2*1-3-2-4-3;2*1-3-2;1-2(3)4;3*1-2;;/h3,5H,4,6H2,1-2H3;4H,1-3H3;1H2,2-3H3;2*3-4H,1-2H3;1H2,2H3;3-4H,2H2,1H3;3H,2H2,1H3;3H,1H2,2H3;1H,2H3;1H3,(H,3,4);2H2,1H3;2*2H,1H3;2*1H/b5-3+;;;2*4-3+;;;;;;;;;;;. The summed E-state index contributed by atoms with van der Waals surface area (Å²) in [4.78, 5) is 9.00. The highest BCUT2D eigenvalue weighted by molar-refractivity contribution is 7.79. The van der Waals surface area contributed by atoms with Crippen molar-refractivity contribution in [3.05, 3.63) is 84.5 Å². The van der Waals surface area contributed by atoms with Crippen LogP contribution in [0.5, 0.6) is 0 Å². The van der Waals surface area contributed by atoms with Crippen molar-refractivity contribution in [2.75, 3.05) is 33.6 Å². The average molecular weight is 772 g/mol. The van der Waals surface area contributed by atoms with Crippen LogP contribution in [0.25, 0.3) is 0 Å². The number of thiol groups is 1. The first-order valence-corrected chi connectivity index (χ1v) is 18.3. The van der Waals surface area contributed by atoms with E-state index in [1.54, 1.807) is 26.2 Å². The highest BCUT2D eigenvalue weighted by atomic mass is 35.5. The third kappa shape index (κ3) is 871. The van der Waals surface area contributed by atoms with Crippen molar-refractivity contribution in [3.63, 3.8) is 0 Å². The van der Waals surface area contributed by atoms with Gasteiger partial charge < -0.3 is 26.0 Å². The molecule has 51 heavy (non-hydrogen) atoms. The molecule has 2 unspecified atom stereocenters. The third-order valence-electron chi connectivity index (χ3n) is 3.05. The predicted octanol–water partition coefficient (Wildman–Crippen LogP) is 13.4. The number of allylic oxidation sites excluding steroid dienone is 11. The lowest BCUT2D eigenvalue weighted by Gasteiger charge is -1.76. The number of aliphatic hydroxyl groups excluding tert-OH is 1. The number of terminal acetylenes is 1. The molecule has 0 bridgehead atoms. The summed E-state index contributed by atoms with van der Waals surface area (Å²) in [5.41, 5.74) is 7.05. The summed E-state index contributed by atoms with van der Waals surface area (Å²) in [6.45, 7) is 45.4. The fraction of sp³-hybridized carbons (Fsp3) is 0.605. The monoisotopic (exact) mass is 771 g/mol. The van der Waals surface area contributed by atoms with Gasteiger partial charge in [0.1, 0.15) is 0 Å². The van der Waals surface area contributed by atoms with E-state index in [4.69, 9.17) is 31.3 Å². The Kier molecular flexibility index (Phi) is 178. The summed E-state index contributed by atoms with van der Waals surface area (Å²) in [6.07, 6.45) is 25.5. The van der Waals surface area contributed by atoms with Gasteiger partial charge in [-0.05, 0) is 124 Å². The lowest BCUT2D eigenvalue weighted by Crippen LogP contribution is -1.78. The van der Waals surface area contributed by atoms with E-state index >= 15 is 0 Å². The van der Waals surface area contributed by atoms with Crippen LogP contribution in [0.15, 0.2) is 84.5 Å². The van der Waals surface area contributed by atoms with Gasteiger partial charge in [0.05, 0.1) is 12.7 Å². The number of hydrogen-bond acceptors (Lipinski definition) is 6. The molecule has 2 saturated heterocycles. The molecular formula is C43H95ClN2O4S. The molecule has 5 N–H and O–H groups in total. The quantitative estimate of drug-likeness (QED) is 0.0826. The average Bonchev–Trinajstić information content (AvgIpc) is 4.03. The van der Waals surface area contributed by atoms with Gasteiger partial charge in [-0.2, -0.15) is 12.6 Å². The first kappa shape index (κ1) is 82.3. The fourth-order valence-electron chi connectivity index (χ4n) is 0.547. The highest BCUT2D eigenvalue weighted by Gasteiger charge is 2.13. The molecule has 6 nitrogen and oxygen atoms in total. The molecule has 2 atom stereocenters. The zero-order chi connectivity index (χ0) is 44.1. The number of halogens is 1. The van der Waals surface area contributed by atoms with Gasteiger partial charge in [0.15, 0.2) is 0 Å². The summed E-state index contributed by atoms with van der Waals surface area (Å²) in [6, 6.07) is 0.833. The Hall–Kier alpha value is -2.31. The lowest BCUT2D eigenvalue weighted by molar-refractivity contribution is -0.134. The number of aliphatic hydroxyl groups is 1. The molecule has 2 aliphatic rings. The van der Waals surface area contributed by atoms with E-state index in [0.717, 1.165) is 26.7 Å². The molecule has 0 aliphatic carbocycles. The number of carboxylic acids is 1. The molecule has 0 aromatic rings. The van der Waals surface area contributed by atoms with Crippen LogP contribution in [-0.2, 0) is 9.53 Å². The van der Waals surface area contributed by atoms with Crippen molar-refractivity contribution in [1.29, 1.82) is 0 Å². The molecule has 0 aromatic carbocycles. The summed E-state index contributed by atoms with van der Waals surface area (Å²) in [7, 11) is 2.50. The zero-order valence-corrected chi connectivity index (χ0v) is 39.1. The minimum absolute atomic E-state index is 0. The molecular weight excluding hydrogens is 676 g/mol. The fourth-order valence-corrected chi connectivity index (χ4v) is 0.547. The number of epoxide rings is 1. The Bertz CT molecular complexity index is 675. The van der Waals surface area contributed by atoms with Crippen molar-refractivity contribution < 1.29 is 22.6 Å². The summed E-state index contributed by atoms with van der Waals surface area (Å²) in [5.74, 6) is 1.42. The van der Waals surface area contributed by atoms with Gasteiger partial charge in [-0.3, -0.25) is 4.79 Å². The number of carbonyl (C=O) groups is 1. The first-order valence-electron chi connectivity index (χ1n) is 17.1. The molecule has 0 spiro atoms. The largest absolute Gasteiger partial charge is 0.481 e. The van der Waals surface area contributed by atoms with E-state index in [0.29, 0.717) is 11.1 Å². The summed E-state index contributed by atoms with van der Waals surface area (Å²) < 4.78 is 4.71. The van der Waals surface area contributed by atoms with Crippen LogP contribution < -0.4 is 11.1 Å². The molecule has 314 valence electrons. The van der Waals surface area contributed by atoms with Crippen LogP contribution in [0.1, 0.15) is 133 Å². The van der Waals surface area contributed by atoms with Gasteiger partial charge in [-0.15, -0.1) is 25.5 Å². The maximum absolute atomic E-state index is 9.00. The predicted molar refractivity (Wildman–Crippen MR) is 251 cm³/mol. The molecule has 0 aromatic heterocycles. The van der Waals surface area contributed by atoms with Crippen molar-refractivity contribution in [3.8, 4) is 12.3 Å². The third-order valence-corrected chi connectivity index (χ3v) is 3.05. The number of aliphatic carboxylic acids is 1. The second-order valence-electron chi connectivity index (χ2n) is 9.61. The summed E-state index contributed by atoms with van der Waals surface area (Å²) in [5, 5.41) is 18.2. The molecule has 0 amide bonds. The van der Waals surface area contributed by atoms with Crippen molar-refractivity contribution in [1.82, 2.24) is 5.32 Å². The Morgan fingerprint density at radius 2 is 1.10 bits per heavy atom. The molecule has 2 fully saturated rings. The van der Waals surface area contributed by atoms with E-state index in [1.165, 1.54) is 37.6 Å². The lowest BCUT2D eigenvalue weighted by atomic mass is 10.3. The molecule has 2 heterocycles. The number of ether oxygens (including phenoxy) is 1. The van der Waals surface area contributed by atoms with Gasteiger partial charge in [-0.25, -0.2) is 0 Å². The number of carboxylic acid groups (broad SMARTS) is 1. The Morgan fingerprint density at radius 1 is 0.941 bits per heavy atom. The Balaban J connectivity index is -0.0000000259. The van der Waals surface area contributed by atoms with E-state index < -0.39 is 5.97 Å². The Morgan fingerprint density at radius 3 is 1.12 bits per heavy atom. The Labute approximate surface area is 335 Å². The minimum Gasteiger partial charge on any atom is -0.481 e. The maximum atomic E-state index is 9.00. The molecule has 2 aliphatic heterocycles. The topological polar surface area (TPSA) is 118 Å². The van der Waals surface area contributed by atoms with Gasteiger partial charge in [-0.1, -0.05) is 91.3 Å². The van der Waals surface area contributed by atoms with E-state index in [-0.39, 0.29) is 2.85 Å². The van der Waals surface area contributed by atoms with Crippen LogP contribution in [0.3, 0.4) is 0 Å². The molecule has 0 saturated carbocycles. The highest BCUT2D eigenvalue weighted by Crippen LogP contribution is 2.04. The number of nitrogens with one attached hydrogen (secondary N) is 1. The summed E-state index contributed by atoms with van der Waals surface area (Å²) >= 11 is 8.61. The first-order chi connectivity index (χ1) is 23.8. The minimum atomic E-state index is -0.833. The molecule has 2 rings (SSSR count). The number of hydrogen-bond donors (Lipinski definition) is 5. The van der Waals surface area contributed by atoms with Crippen molar-refractivity contribution in [2.24, 2.45) is 5.73 Å².